The van der Waals surface area contributed by atoms with Crippen molar-refractivity contribution in [1.82, 2.24) is 10.3 Å². The molecule has 0 spiro atoms. The Balaban J connectivity index is 2.80. The van der Waals surface area contributed by atoms with Gasteiger partial charge in [-0.2, -0.15) is 0 Å². The number of hydrogen-bond donors (Lipinski definition) is 1. The lowest BCUT2D eigenvalue weighted by atomic mass is 10.0. The third-order valence-electron chi connectivity index (χ3n) is 2.72. The monoisotopic (exact) mass is 216 g/mol. The Morgan fingerprint density at radius 2 is 2.12 bits per heavy atom. The molecule has 1 heterocycles. The van der Waals surface area contributed by atoms with Crippen molar-refractivity contribution in [3.05, 3.63) is 29.1 Å². The third-order valence-corrected chi connectivity index (χ3v) is 2.72. The number of aromatic nitrogens is 1. The van der Waals surface area contributed by atoms with Gasteiger partial charge in [0, 0.05) is 23.9 Å². The molecule has 86 valence electrons. The molecule has 1 rings (SSSR count). The van der Waals surface area contributed by atoms with Crippen LogP contribution in [0.1, 0.15) is 42.8 Å². The van der Waals surface area contributed by atoms with Gasteiger partial charge in [-0.25, -0.2) is 0 Å². The molecule has 0 aliphatic rings. The van der Waals surface area contributed by atoms with Gasteiger partial charge in [-0.3, -0.25) is 4.98 Å². The SMILES string of the molecule is CC#CCCC(NC)c1ccc(C)nc1C. The van der Waals surface area contributed by atoms with Crippen molar-refractivity contribution in [2.75, 3.05) is 7.05 Å². The van der Waals surface area contributed by atoms with Crippen LogP contribution in [-0.2, 0) is 0 Å². The van der Waals surface area contributed by atoms with E-state index in [2.05, 4.69) is 41.2 Å². The zero-order chi connectivity index (χ0) is 12.0. The molecule has 0 aromatic carbocycles. The summed E-state index contributed by atoms with van der Waals surface area (Å²) in [5.74, 6) is 6.03. The van der Waals surface area contributed by atoms with Crippen molar-refractivity contribution < 1.29 is 0 Å². The van der Waals surface area contributed by atoms with Crippen LogP contribution in [0.3, 0.4) is 0 Å². The van der Waals surface area contributed by atoms with Gasteiger partial charge in [-0.05, 0) is 45.9 Å². The van der Waals surface area contributed by atoms with Gasteiger partial charge in [0.05, 0.1) is 0 Å². The van der Waals surface area contributed by atoms with Crippen molar-refractivity contribution in [3.63, 3.8) is 0 Å². The fourth-order valence-corrected chi connectivity index (χ4v) is 1.86. The van der Waals surface area contributed by atoms with Gasteiger partial charge in [-0.15, -0.1) is 11.8 Å². The van der Waals surface area contributed by atoms with Gasteiger partial charge in [0.15, 0.2) is 0 Å². The first kappa shape index (κ1) is 12.7. The molecule has 2 heteroatoms. The molecule has 0 aliphatic heterocycles. The molecule has 0 aliphatic carbocycles. The predicted molar refractivity (Wildman–Crippen MR) is 68.2 cm³/mol. The van der Waals surface area contributed by atoms with Gasteiger partial charge in [0.2, 0.25) is 0 Å². The fourth-order valence-electron chi connectivity index (χ4n) is 1.86. The lowest BCUT2D eigenvalue weighted by molar-refractivity contribution is 0.553. The number of rotatable bonds is 4. The van der Waals surface area contributed by atoms with Crippen molar-refractivity contribution in [1.29, 1.82) is 0 Å². The molecule has 0 radical (unpaired) electrons. The number of pyridine rings is 1. The maximum atomic E-state index is 4.49. The van der Waals surface area contributed by atoms with E-state index in [0.29, 0.717) is 6.04 Å². The molecule has 1 aromatic heterocycles. The minimum absolute atomic E-state index is 0.356. The lowest BCUT2D eigenvalue weighted by Gasteiger charge is -2.17. The number of nitrogens with one attached hydrogen (secondary N) is 1. The van der Waals surface area contributed by atoms with E-state index >= 15 is 0 Å². The first-order chi connectivity index (χ1) is 7.69. The molecule has 1 unspecified atom stereocenters. The van der Waals surface area contributed by atoms with Gasteiger partial charge in [0.1, 0.15) is 0 Å². The van der Waals surface area contributed by atoms with Crippen LogP contribution in [0.2, 0.25) is 0 Å². The maximum Gasteiger partial charge on any atom is 0.0423 e. The third kappa shape index (κ3) is 3.36. The second kappa shape index (κ2) is 6.30. The Labute approximate surface area is 98.5 Å². The molecule has 0 bridgehead atoms. The number of aryl methyl sites for hydroxylation is 2. The van der Waals surface area contributed by atoms with Gasteiger partial charge in [-0.1, -0.05) is 6.07 Å². The number of nitrogens with zero attached hydrogens (tertiary/aromatic N) is 1. The zero-order valence-corrected chi connectivity index (χ0v) is 10.6. The minimum atomic E-state index is 0.356. The van der Waals surface area contributed by atoms with Crippen LogP contribution in [0, 0.1) is 25.7 Å². The van der Waals surface area contributed by atoms with Crippen LogP contribution >= 0.6 is 0 Å². The molecule has 2 nitrogen and oxygen atoms in total. The van der Waals surface area contributed by atoms with Gasteiger partial charge in [0.25, 0.3) is 0 Å². The summed E-state index contributed by atoms with van der Waals surface area (Å²) < 4.78 is 0. The Bertz CT molecular complexity index is 399. The Kier molecular flexibility index (Phi) is 5.01. The highest BCUT2D eigenvalue weighted by atomic mass is 14.9. The molecular weight excluding hydrogens is 196 g/mol. The Morgan fingerprint density at radius 1 is 1.38 bits per heavy atom. The van der Waals surface area contributed by atoms with Crippen LogP contribution in [0.25, 0.3) is 0 Å². The first-order valence-electron chi connectivity index (χ1n) is 5.70. The van der Waals surface area contributed by atoms with Crippen LogP contribution in [0.4, 0.5) is 0 Å². The maximum absolute atomic E-state index is 4.49. The molecule has 16 heavy (non-hydrogen) atoms. The summed E-state index contributed by atoms with van der Waals surface area (Å²) in [6, 6.07) is 4.59. The van der Waals surface area contributed by atoms with E-state index in [9.17, 15) is 0 Å². The topological polar surface area (TPSA) is 24.9 Å². The molecule has 0 fully saturated rings. The van der Waals surface area contributed by atoms with Crippen molar-refractivity contribution in [2.45, 2.75) is 39.7 Å². The van der Waals surface area contributed by atoms with Crippen LogP contribution in [-0.4, -0.2) is 12.0 Å². The predicted octanol–water partition coefficient (Wildman–Crippen LogP) is 2.76. The summed E-state index contributed by atoms with van der Waals surface area (Å²) in [7, 11) is 1.99. The zero-order valence-electron chi connectivity index (χ0n) is 10.6. The van der Waals surface area contributed by atoms with Gasteiger partial charge < -0.3 is 5.32 Å². The highest BCUT2D eigenvalue weighted by molar-refractivity contribution is 5.25. The molecule has 0 saturated carbocycles. The molecule has 0 amide bonds. The quantitative estimate of drug-likeness (QED) is 0.783. The van der Waals surface area contributed by atoms with Crippen molar-refractivity contribution in [3.8, 4) is 11.8 Å². The average Bonchev–Trinajstić information content (AvgIpc) is 2.26. The number of hydrogen-bond acceptors (Lipinski definition) is 2. The summed E-state index contributed by atoms with van der Waals surface area (Å²) in [6.07, 6.45) is 1.96. The first-order valence-corrected chi connectivity index (χ1v) is 5.70. The highest BCUT2D eigenvalue weighted by Crippen LogP contribution is 2.20. The largest absolute Gasteiger partial charge is 0.313 e. The van der Waals surface area contributed by atoms with Crippen LogP contribution in [0.15, 0.2) is 12.1 Å². The second-order valence-electron chi connectivity index (χ2n) is 3.93. The summed E-state index contributed by atoms with van der Waals surface area (Å²) in [5.41, 5.74) is 3.47. The Hall–Kier alpha value is -1.33. The average molecular weight is 216 g/mol. The molecular formula is C14H20N2. The molecule has 0 saturated heterocycles. The standard InChI is InChI=1S/C14H20N2/c1-5-6-7-8-14(15-4)13-10-9-11(2)16-12(13)3/h9-10,14-15H,7-8H2,1-4H3. The summed E-state index contributed by atoms with van der Waals surface area (Å²) in [4.78, 5) is 4.49. The van der Waals surface area contributed by atoms with Gasteiger partial charge >= 0.3 is 0 Å². The smallest absolute Gasteiger partial charge is 0.0423 e. The highest BCUT2D eigenvalue weighted by Gasteiger charge is 2.11. The molecule has 1 N–H and O–H groups in total. The van der Waals surface area contributed by atoms with E-state index in [1.807, 2.05) is 20.9 Å². The van der Waals surface area contributed by atoms with E-state index in [4.69, 9.17) is 0 Å². The normalized spacial score (nSPS) is 11.8. The van der Waals surface area contributed by atoms with Crippen molar-refractivity contribution >= 4 is 0 Å². The van der Waals surface area contributed by atoms with Crippen LogP contribution in [0.5, 0.6) is 0 Å². The Morgan fingerprint density at radius 3 is 2.69 bits per heavy atom. The van der Waals surface area contributed by atoms with E-state index in [-0.39, 0.29) is 0 Å². The van der Waals surface area contributed by atoms with Crippen LogP contribution < -0.4 is 5.32 Å². The van der Waals surface area contributed by atoms with E-state index in [1.165, 1.54) is 5.56 Å². The van der Waals surface area contributed by atoms with Crippen molar-refractivity contribution in [2.24, 2.45) is 0 Å². The van der Waals surface area contributed by atoms with E-state index in [0.717, 1.165) is 24.2 Å². The molecule has 1 aromatic rings. The summed E-state index contributed by atoms with van der Waals surface area (Å²) >= 11 is 0. The lowest BCUT2D eigenvalue weighted by Crippen LogP contribution is -2.17. The summed E-state index contributed by atoms with van der Waals surface area (Å²) in [6.45, 7) is 5.97. The second-order valence-corrected chi connectivity index (χ2v) is 3.93. The minimum Gasteiger partial charge on any atom is -0.313 e. The molecule has 1 atom stereocenters. The fraction of sp³-hybridized carbons (Fsp3) is 0.500. The summed E-state index contributed by atoms with van der Waals surface area (Å²) in [5, 5.41) is 3.33. The van der Waals surface area contributed by atoms with E-state index < -0.39 is 0 Å². The van der Waals surface area contributed by atoms with E-state index in [1.54, 1.807) is 0 Å².